The Hall–Kier alpha value is -1.76. The summed E-state index contributed by atoms with van der Waals surface area (Å²) in [6.07, 6.45) is 1.59. The average Bonchev–Trinajstić information content (AvgIpc) is 2.55. The van der Waals surface area contributed by atoms with E-state index in [1.54, 1.807) is 6.26 Å². The number of fused-ring (bicyclic) bond motifs is 1. The fraction of sp³-hybridized carbons (Fsp3) is 0.111. The van der Waals surface area contributed by atoms with Crippen molar-refractivity contribution in [3.05, 3.63) is 38.6 Å². The van der Waals surface area contributed by atoms with Crippen molar-refractivity contribution >= 4 is 28.3 Å². The average molecular weight is 240 g/mol. The van der Waals surface area contributed by atoms with Crippen LogP contribution in [0.3, 0.4) is 0 Å². The van der Waals surface area contributed by atoms with Crippen LogP contribution >= 0.6 is 11.8 Å². The minimum atomic E-state index is -0.724. The number of non-ortho nitro benzene ring substituents is 1. The zero-order chi connectivity index (χ0) is 11.9. The predicted molar refractivity (Wildman–Crippen MR) is 55.8 cm³/mol. The number of thioether (sulfide) groups is 1. The summed E-state index contributed by atoms with van der Waals surface area (Å²) in [6.45, 7) is 0. The molecule has 0 saturated heterocycles. The van der Waals surface area contributed by atoms with Crippen molar-refractivity contribution in [2.24, 2.45) is 4.99 Å². The summed E-state index contributed by atoms with van der Waals surface area (Å²) < 4.78 is 13.3. The number of carbonyl (C=O) groups is 1. The molecular weight excluding hydrogens is 235 g/mol. The van der Waals surface area contributed by atoms with Gasteiger partial charge in [0.1, 0.15) is 16.4 Å². The van der Waals surface area contributed by atoms with Crippen LogP contribution in [0.2, 0.25) is 0 Å². The molecule has 0 spiro atoms. The number of nitro benzene ring substituents is 1. The first-order valence-electron chi connectivity index (χ1n) is 4.20. The van der Waals surface area contributed by atoms with E-state index in [0.29, 0.717) is 0 Å². The first-order valence-corrected chi connectivity index (χ1v) is 5.43. The van der Waals surface area contributed by atoms with Crippen LogP contribution in [0.4, 0.5) is 10.1 Å². The molecule has 1 heterocycles. The molecule has 1 aromatic rings. The van der Waals surface area contributed by atoms with Gasteiger partial charge in [-0.25, -0.2) is 9.38 Å². The largest absolute Gasteiger partial charge is 0.285 e. The maximum Gasteiger partial charge on any atom is 0.285 e. The van der Waals surface area contributed by atoms with Gasteiger partial charge >= 0.3 is 0 Å². The number of amides is 1. The van der Waals surface area contributed by atoms with Crippen molar-refractivity contribution < 1.29 is 14.1 Å². The lowest BCUT2D eigenvalue weighted by Gasteiger charge is -1.94. The van der Waals surface area contributed by atoms with Crippen molar-refractivity contribution in [3.63, 3.8) is 0 Å². The van der Waals surface area contributed by atoms with Crippen LogP contribution in [-0.2, 0) is 4.79 Å². The number of benzene rings is 1. The molecule has 0 radical (unpaired) electrons. The molecule has 1 aromatic carbocycles. The van der Waals surface area contributed by atoms with Crippen molar-refractivity contribution in [2.45, 2.75) is 0 Å². The number of hydrogen-bond donors (Lipinski definition) is 0. The second-order valence-corrected chi connectivity index (χ2v) is 3.81. The predicted octanol–water partition coefficient (Wildman–Crippen LogP) is 0.365. The zero-order valence-electron chi connectivity index (χ0n) is 8.06. The first kappa shape index (κ1) is 10.7. The topological polar surface area (TPSA) is 72.6 Å². The number of rotatable bonds is 2. The van der Waals surface area contributed by atoms with E-state index < -0.39 is 16.6 Å². The van der Waals surface area contributed by atoms with Crippen LogP contribution in [-0.4, -0.2) is 17.1 Å². The summed E-state index contributed by atoms with van der Waals surface area (Å²) >= 11 is 1.03. The molecule has 82 valence electrons. The summed E-state index contributed by atoms with van der Waals surface area (Å²) in [6, 6.07) is 1.98. The summed E-state index contributed by atoms with van der Waals surface area (Å²) in [5.41, 5.74) is -0.296. The molecule has 0 aromatic heterocycles. The highest BCUT2D eigenvalue weighted by atomic mass is 32.2. The van der Waals surface area contributed by atoms with Gasteiger partial charge in [-0.15, -0.1) is 11.8 Å². The van der Waals surface area contributed by atoms with Gasteiger partial charge in [0, 0.05) is 6.07 Å². The lowest BCUT2D eigenvalue weighted by molar-refractivity contribution is -0.386. The maximum atomic E-state index is 13.3. The Morgan fingerprint density at radius 3 is 2.75 bits per heavy atom. The van der Waals surface area contributed by atoms with Crippen LogP contribution in [0, 0.1) is 15.9 Å². The van der Waals surface area contributed by atoms with Crippen LogP contribution in [0.25, 0.3) is 4.91 Å². The van der Waals surface area contributed by atoms with E-state index in [4.69, 9.17) is 0 Å². The lowest BCUT2D eigenvalue weighted by atomic mass is 10.2. The Morgan fingerprint density at radius 1 is 1.50 bits per heavy atom. The molecule has 0 fully saturated rings. The highest BCUT2D eigenvalue weighted by Crippen LogP contribution is 2.17. The molecule has 0 atom stereocenters. The van der Waals surface area contributed by atoms with Gasteiger partial charge in [-0.3, -0.25) is 14.9 Å². The Labute approximate surface area is 92.8 Å². The quantitative estimate of drug-likeness (QED) is 0.553. The van der Waals surface area contributed by atoms with Gasteiger partial charge < -0.3 is 0 Å². The van der Waals surface area contributed by atoms with Gasteiger partial charge in [-0.05, 0) is 12.3 Å². The maximum absolute atomic E-state index is 13.3. The molecular formula is C9H5FN2O3S. The highest BCUT2D eigenvalue weighted by molar-refractivity contribution is 8.08. The third kappa shape index (κ3) is 1.40. The minimum Gasteiger partial charge on any atom is -0.266 e. The van der Waals surface area contributed by atoms with Gasteiger partial charge in [-0.2, -0.15) is 0 Å². The minimum absolute atomic E-state index is 0.0116. The Morgan fingerprint density at radius 2 is 2.19 bits per heavy atom. The molecule has 0 N–H and O–H groups in total. The summed E-state index contributed by atoms with van der Waals surface area (Å²) in [5.74, 6) is -1.35. The first-order chi connectivity index (χ1) is 7.56. The molecule has 1 amide bonds. The van der Waals surface area contributed by atoms with Gasteiger partial charge in [-0.1, -0.05) is 0 Å². The van der Waals surface area contributed by atoms with E-state index in [2.05, 4.69) is 4.99 Å². The molecule has 0 aliphatic carbocycles. The smallest absolute Gasteiger partial charge is 0.266 e. The fourth-order valence-corrected chi connectivity index (χ4v) is 2.11. The normalized spacial score (nSPS) is 13.6. The van der Waals surface area contributed by atoms with Crippen molar-refractivity contribution in [2.75, 3.05) is 6.26 Å². The molecule has 0 unspecified atom stereocenters. The summed E-state index contributed by atoms with van der Waals surface area (Å²) in [5, 5.41) is 10.5. The third-order valence-corrected chi connectivity index (χ3v) is 2.93. The van der Waals surface area contributed by atoms with Crippen LogP contribution in [0.5, 0.6) is 0 Å². The van der Waals surface area contributed by atoms with Crippen molar-refractivity contribution in [3.8, 4) is 0 Å². The van der Waals surface area contributed by atoms with Gasteiger partial charge in [0.2, 0.25) is 0 Å². The van der Waals surface area contributed by atoms with Crippen LogP contribution < -0.4 is 10.6 Å². The molecule has 5 nitrogen and oxygen atoms in total. The molecule has 0 saturated carbocycles. The van der Waals surface area contributed by atoms with E-state index in [0.717, 1.165) is 23.9 Å². The number of hydrogen-bond acceptors (Lipinski definition) is 4. The van der Waals surface area contributed by atoms with Gasteiger partial charge in [0.05, 0.1) is 9.83 Å². The van der Waals surface area contributed by atoms with Crippen molar-refractivity contribution in [1.82, 2.24) is 0 Å². The monoisotopic (exact) mass is 240 g/mol. The number of carbonyl (C=O) groups excluding carboxylic acids is 1. The molecule has 0 bridgehead atoms. The molecule has 2 rings (SSSR count). The van der Waals surface area contributed by atoms with E-state index in [-0.39, 0.29) is 21.2 Å². The van der Waals surface area contributed by atoms with E-state index in [1.807, 2.05) is 0 Å². The molecule has 1 aliphatic heterocycles. The number of halogens is 1. The van der Waals surface area contributed by atoms with E-state index in [1.165, 1.54) is 0 Å². The second-order valence-electron chi connectivity index (χ2n) is 3.00. The van der Waals surface area contributed by atoms with Gasteiger partial charge in [0.25, 0.3) is 11.6 Å². The second kappa shape index (κ2) is 3.67. The van der Waals surface area contributed by atoms with Gasteiger partial charge in [0.15, 0.2) is 0 Å². The fourth-order valence-electron chi connectivity index (χ4n) is 1.49. The Bertz CT molecular complexity index is 626. The Kier molecular flexibility index (Phi) is 2.47. The lowest BCUT2D eigenvalue weighted by Crippen LogP contribution is -2.29. The standard InChI is InChI=1S/C9H5FN2O3S/c1-16-8-6-5(12(14)15)3-2-4(10)7(6)11-9(8)13/h2-3H,1H3. The number of nitro groups is 1. The SMILES string of the molecule is CSC1=c2c([N+](=O)[O-])ccc(F)c2=NC1=O. The van der Waals surface area contributed by atoms with Crippen molar-refractivity contribution in [1.29, 1.82) is 0 Å². The number of nitrogens with zero attached hydrogens (tertiary/aromatic N) is 2. The molecule has 7 heteroatoms. The van der Waals surface area contributed by atoms with E-state index in [9.17, 15) is 19.3 Å². The summed E-state index contributed by atoms with van der Waals surface area (Å²) in [4.78, 5) is 25.1. The van der Waals surface area contributed by atoms with Crippen LogP contribution in [0.1, 0.15) is 0 Å². The third-order valence-electron chi connectivity index (χ3n) is 2.14. The molecule has 1 aliphatic rings. The zero-order valence-corrected chi connectivity index (χ0v) is 8.88. The summed E-state index contributed by atoms with van der Waals surface area (Å²) in [7, 11) is 0. The highest BCUT2D eigenvalue weighted by Gasteiger charge is 2.24. The Balaban J connectivity index is 3.00. The molecule has 16 heavy (non-hydrogen) atoms. The van der Waals surface area contributed by atoms with Crippen LogP contribution in [0.15, 0.2) is 17.1 Å². The van der Waals surface area contributed by atoms with E-state index >= 15 is 0 Å².